The number of benzene rings is 1. The number of hydrogen-bond donors (Lipinski definition) is 0. The summed E-state index contributed by atoms with van der Waals surface area (Å²) in [6.07, 6.45) is 0.905. The minimum absolute atomic E-state index is 0.131. The second kappa shape index (κ2) is 5.40. The summed E-state index contributed by atoms with van der Waals surface area (Å²) in [7, 11) is 1.97. The van der Waals surface area contributed by atoms with E-state index in [1.165, 1.54) is 0 Å². The molecule has 0 spiro atoms. The quantitative estimate of drug-likeness (QED) is 0.640. The zero-order valence-electron chi connectivity index (χ0n) is 13.0. The molecule has 0 fully saturated rings. The number of fused-ring (bicyclic) bond motifs is 1. The summed E-state index contributed by atoms with van der Waals surface area (Å²) < 4.78 is 2.01. The Morgan fingerprint density at radius 1 is 1.36 bits per heavy atom. The molecule has 1 aromatic heterocycles. The lowest BCUT2D eigenvalue weighted by molar-refractivity contribution is -0.384. The number of non-ortho nitro benzene ring substituents is 1. The van der Waals surface area contributed by atoms with Crippen LogP contribution in [0, 0.1) is 10.1 Å². The molecular formula is C15H19N5O2. The van der Waals surface area contributed by atoms with Gasteiger partial charge in [-0.1, -0.05) is 19.9 Å². The van der Waals surface area contributed by atoms with Crippen LogP contribution >= 0.6 is 0 Å². The monoisotopic (exact) mass is 301 g/mol. The lowest BCUT2D eigenvalue weighted by Crippen LogP contribution is -2.22. The van der Waals surface area contributed by atoms with Crippen molar-refractivity contribution in [2.75, 3.05) is 11.4 Å². The number of hydrogen-bond acceptors (Lipinski definition) is 5. The number of nitrogens with zero attached hydrogens (tertiary/aromatic N) is 5. The zero-order valence-corrected chi connectivity index (χ0v) is 13.0. The highest BCUT2D eigenvalue weighted by Crippen LogP contribution is 2.32. The molecular weight excluding hydrogens is 282 g/mol. The first-order chi connectivity index (χ1) is 10.5. The van der Waals surface area contributed by atoms with Crippen LogP contribution in [0.5, 0.6) is 0 Å². The smallest absolute Gasteiger partial charge is 0.271 e. The van der Waals surface area contributed by atoms with Gasteiger partial charge in [0.05, 0.1) is 11.5 Å². The van der Waals surface area contributed by atoms with Crippen molar-refractivity contribution in [1.82, 2.24) is 14.8 Å². The van der Waals surface area contributed by atoms with Crippen molar-refractivity contribution < 1.29 is 4.92 Å². The van der Waals surface area contributed by atoms with Gasteiger partial charge in [-0.2, -0.15) is 0 Å². The fourth-order valence-corrected chi connectivity index (χ4v) is 2.90. The first kappa shape index (κ1) is 14.5. The summed E-state index contributed by atoms with van der Waals surface area (Å²) in [6, 6.07) is 5.08. The highest BCUT2D eigenvalue weighted by molar-refractivity contribution is 5.62. The van der Waals surface area contributed by atoms with E-state index in [2.05, 4.69) is 28.9 Å². The van der Waals surface area contributed by atoms with Crippen molar-refractivity contribution in [3.05, 3.63) is 45.5 Å². The average molecular weight is 301 g/mol. The third-order valence-corrected chi connectivity index (χ3v) is 4.12. The van der Waals surface area contributed by atoms with Gasteiger partial charge < -0.3 is 9.47 Å². The Kier molecular flexibility index (Phi) is 3.56. The van der Waals surface area contributed by atoms with E-state index in [0.29, 0.717) is 12.5 Å². The maximum Gasteiger partial charge on any atom is 0.271 e. The maximum atomic E-state index is 11.0. The highest BCUT2D eigenvalue weighted by Gasteiger charge is 2.24. The van der Waals surface area contributed by atoms with Crippen LogP contribution in [0.15, 0.2) is 18.2 Å². The van der Waals surface area contributed by atoms with Crippen LogP contribution in [0.3, 0.4) is 0 Å². The molecule has 1 aliphatic heterocycles. The lowest BCUT2D eigenvalue weighted by Gasteiger charge is -2.18. The van der Waals surface area contributed by atoms with Gasteiger partial charge in [-0.3, -0.25) is 10.1 Å². The van der Waals surface area contributed by atoms with Gasteiger partial charge in [0.2, 0.25) is 0 Å². The molecule has 116 valence electrons. The van der Waals surface area contributed by atoms with E-state index < -0.39 is 0 Å². The Morgan fingerprint density at radius 3 is 2.77 bits per heavy atom. The Hall–Kier alpha value is -2.44. The first-order valence-electron chi connectivity index (χ1n) is 7.37. The van der Waals surface area contributed by atoms with Crippen molar-refractivity contribution in [3.63, 3.8) is 0 Å². The van der Waals surface area contributed by atoms with E-state index in [4.69, 9.17) is 0 Å². The summed E-state index contributed by atoms with van der Waals surface area (Å²) in [6.45, 7) is 5.63. The van der Waals surface area contributed by atoms with Crippen molar-refractivity contribution in [3.8, 4) is 0 Å². The largest absolute Gasteiger partial charge is 0.363 e. The number of nitro benzene ring substituents is 1. The Morgan fingerprint density at radius 2 is 2.14 bits per heavy atom. The number of anilines is 1. The lowest BCUT2D eigenvalue weighted by atomic mass is 10.1. The molecule has 0 bridgehead atoms. The second-order valence-corrected chi connectivity index (χ2v) is 5.93. The van der Waals surface area contributed by atoms with Gasteiger partial charge in [-0.15, -0.1) is 10.2 Å². The van der Waals surface area contributed by atoms with E-state index in [-0.39, 0.29) is 10.6 Å². The van der Waals surface area contributed by atoms with Gasteiger partial charge >= 0.3 is 0 Å². The Bertz CT molecular complexity index is 723. The molecule has 2 aromatic rings. The SMILES string of the molecule is CC(C)c1nnc(CN2CCc3ccc([N+](=O)[O-])cc32)n1C. The van der Waals surface area contributed by atoms with Crippen molar-refractivity contribution in [2.24, 2.45) is 7.05 Å². The van der Waals surface area contributed by atoms with Gasteiger partial charge in [0, 0.05) is 37.3 Å². The van der Waals surface area contributed by atoms with E-state index in [9.17, 15) is 10.1 Å². The van der Waals surface area contributed by atoms with Crippen molar-refractivity contribution >= 4 is 11.4 Å². The molecule has 3 rings (SSSR count). The number of rotatable bonds is 4. The molecule has 0 amide bonds. The third kappa shape index (κ3) is 2.43. The Balaban J connectivity index is 1.87. The molecule has 22 heavy (non-hydrogen) atoms. The van der Waals surface area contributed by atoms with Crippen LogP contribution in [0.25, 0.3) is 0 Å². The zero-order chi connectivity index (χ0) is 15.9. The summed E-state index contributed by atoms with van der Waals surface area (Å²) in [4.78, 5) is 12.7. The van der Waals surface area contributed by atoms with Crippen molar-refractivity contribution in [2.45, 2.75) is 32.7 Å². The molecule has 2 heterocycles. The molecule has 0 unspecified atom stereocenters. The summed E-state index contributed by atoms with van der Waals surface area (Å²) in [5.41, 5.74) is 2.21. The third-order valence-electron chi connectivity index (χ3n) is 4.12. The van der Waals surface area contributed by atoms with Crippen LogP contribution in [-0.2, 0) is 20.0 Å². The number of aromatic nitrogens is 3. The van der Waals surface area contributed by atoms with Crippen LogP contribution in [0.2, 0.25) is 0 Å². The minimum atomic E-state index is -0.351. The molecule has 1 aromatic carbocycles. The molecule has 7 nitrogen and oxygen atoms in total. The summed E-state index contributed by atoms with van der Waals surface area (Å²) in [5.74, 6) is 2.15. The molecule has 0 saturated heterocycles. The number of nitro groups is 1. The normalized spacial score (nSPS) is 13.7. The van der Waals surface area contributed by atoms with E-state index in [1.54, 1.807) is 12.1 Å². The summed E-state index contributed by atoms with van der Waals surface area (Å²) >= 11 is 0. The molecule has 0 aliphatic carbocycles. The van der Waals surface area contributed by atoms with Gasteiger partial charge in [0.15, 0.2) is 5.82 Å². The highest BCUT2D eigenvalue weighted by atomic mass is 16.6. The van der Waals surface area contributed by atoms with E-state index in [0.717, 1.165) is 35.9 Å². The van der Waals surface area contributed by atoms with Crippen molar-refractivity contribution in [1.29, 1.82) is 0 Å². The maximum absolute atomic E-state index is 11.0. The molecule has 0 atom stereocenters. The van der Waals surface area contributed by atoms with Crippen LogP contribution in [-0.4, -0.2) is 26.2 Å². The van der Waals surface area contributed by atoms with Crippen LogP contribution in [0.4, 0.5) is 11.4 Å². The fourth-order valence-electron chi connectivity index (χ4n) is 2.90. The molecule has 0 N–H and O–H groups in total. The minimum Gasteiger partial charge on any atom is -0.363 e. The standard InChI is InChI=1S/C15H19N5O2/c1-10(2)15-17-16-14(18(15)3)9-19-7-6-11-4-5-12(20(21)22)8-13(11)19/h4-5,8,10H,6-7,9H2,1-3H3. The summed E-state index contributed by atoms with van der Waals surface area (Å²) in [5, 5.41) is 19.5. The van der Waals surface area contributed by atoms with E-state index >= 15 is 0 Å². The van der Waals surface area contributed by atoms with Gasteiger partial charge in [-0.25, -0.2) is 0 Å². The van der Waals surface area contributed by atoms with Crippen LogP contribution < -0.4 is 4.90 Å². The Labute approximate surface area is 128 Å². The first-order valence-corrected chi connectivity index (χ1v) is 7.37. The van der Waals surface area contributed by atoms with E-state index in [1.807, 2.05) is 17.7 Å². The molecule has 0 radical (unpaired) electrons. The predicted molar refractivity (Wildman–Crippen MR) is 82.9 cm³/mol. The van der Waals surface area contributed by atoms with Crippen LogP contribution in [0.1, 0.15) is 37.0 Å². The fraction of sp³-hybridized carbons (Fsp3) is 0.467. The van der Waals surface area contributed by atoms with Gasteiger partial charge in [0.1, 0.15) is 5.82 Å². The average Bonchev–Trinajstić information content (AvgIpc) is 3.04. The molecule has 1 aliphatic rings. The second-order valence-electron chi connectivity index (χ2n) is 5.93. The molecule has 0 saturated carbocycles. The molecule has 7 heteroatoms. The van der Waals surface area contributed by atoms with Gasteiger partial charge in [0.25, 0.3) is 5.69 Å². The topological polar surface area (TPSA) is 77.1 Å². The predicted octanol–water partition coefficient (Wildman–Crippen LogP) is 2.41. The van der Waals surface area contributed by atoms with Gasteiger partial charge in [-0.05, 0) is 12.0 Å².